The number of hydrogen-bond acceptors (Lipinski definition) is 2. The number of hydrogen-bond donors (Lipinski definition) is 2. The molecule has 1 aromatic carbocycles. The lowest BCUT2D eigenvalue weighted by atomic mass is 10.0. The van der Waals surface area contributed by atoms with Gasteiger partial charge in [0, 0.05) is 16.5 Å². The van der Waals surface area contributed by atoms with Gasteiger partial charge >= 0.3 is 0 Å². The molecule has 3 heteroatoms. The van der Waals surface area contributed by atoms with Crippen molar-refractivity contribution < 1.29 is 4.79 Å². The topological polar surface area (TPSA) is 29.1 Å². The number of amides is 1. The number of nitrogens with one attached hydrogen (secondary N) is 1. The highest BCUT2D eigenvalue weighted by Crippen LogP contribution is 2.15. The first-order valence-corrected chi connectivity index (χ1v) is 6.51. The average molecular weight is 251 g/mol. The van der Waals surface area contributed by atoms with Crippen molar-refractivity contribution in [3.05, 3.63) is 29.3 Å². The normalized spacial score (nSPS) is 12.6. The average Bonchev–Trinajstić information content (AvgIpc) is 2.28. The maximum Gasteiger partial charge on any atom is 0.251 e. The van der Waals surface area contributed by atoms with Gasteiger partial charge in [-0.05, 0) is 37.0 Å². The molecule has 2 nitrogen and oxygen atoms in total. The van der Waals surface area contributed by atoms with Crippen LogP contribution in [0.4, 0.5) is 0 Å². The Labute approximate surface area is 109 Å². The molecule has 0 spiro atoms. The summed E-state index contributed by atoms with van der Waals surface area (Å²) in [4.78, 5) is 13.0. The van der Waals surface area contributed by atoms with Gasteiger partial charge in [0.05, 0.1) is 0 Å². The van der Waals surface area contributed by atoms with Crippen LogP contribution in [-0.2, 0) is 0 Å². The summed E-state index contributed by atoms with van der Waals surface area (Å²) in [6.45, 7) is 8.28. The minimum atomic E-state index is -0.000972. The van der Waals surface area contributed by atoms with Crippen molar-refractivity contribution in [1.29, 1.82) is 0 Å². The van der Waals surface area contributed by atoms with E-state index in [-0.39, 0.29) is 11.9 Å². The molecule has 1 amide bonds. The molecule has 1 unspecified atom stereocenters. The highest BCUT2D eigenvalue weighted by Gasteiger charge is 2.16. The molecule has 1 rings (SSSR count). The maximum atomic E-state index is 12.1. The highest BCUT2D eigenvalue weighted by molar-refractivity contribution is 7.80. The van der Waals surface area contributed by atoms with Crippen LogP contribution in [0.3, 0.4) is 0 Å². The van der Waals surface area contributed by atoms with Crippen molar-refractivity contribution in [2.24, 2.45) is 5.92 Å². The lowest BCUT2D eigenvalue weighted by Gasteiger charge is -2.21. The third-order valence-electron chi connectivity index (χ3n) is 3.03. The van der Waals surface area contributed by atoms with E-state index in [0.717, 1.165) is 22.4 Å². The van der Waals surface area contributed by atoms with Crippen molar-refractivity contribution in [3.63, 3.8) is 0 Å². The van der Waals surface area contributed by atoms with Crippen LogP contribution in [0, 0.1) is 12.8 Å². The first-order valence-electron chi connectivity index (χ1n) is 6.06. The SMILES string of the molecule is CCC(NC(=O)c1cc(S)ccc1C)C(C)C. The Kier molecular flexibility index (Phi) is 5.06. The summed E-state index contributed by atoms with van der Waals surface area (Å²) in [6.07, 6.45) is 0.947. The zero-order valence-corrected chi connectivity index (χ0v) is 11.8. The van der Waals surface area contributed by atoms with Crippen molar-refractivity contribution in [1.82, 2.24) is 5.32 Å². The zero-order chi connectivity index (χ0) is 13.0. The number of carbonyl (C=O) groups is 1. The summed E-state index contributed by atoms with van der Waals surface area (Å²) < 4.78 is 0. The quantitative estimate of drug-likeness (QED) is 0.789. The summed E-state index contributed by atoms with van der Waals surface area (Å²) in [5, 5.41) is 3.08. The van der Waals surface area contributed by atoms with E-state index in [2.05, 4.69) is 38.7 Å². The first-order chi connectivity index (χ1) is 7.95. The van der Waals surface area contributed by atoms with Crippen LogP contribution in [0.2, 0.25) is 0 Å². The van der Waals surface area contributed by atoms with E-state index in [1.807, 2.05) is 25.1 Å². The van der Waals surface area contributed by atoms with Crippen molar-refractivity contribution in [2.45, 2.75) is 45.1 Å². The molecule has 0 bridgehead atoms. The summed E-state index contributed by atoms with van der Waals surface area (Å²) in [5.74, 6) is 0.447. The lowest BCUT2D eigenvalue weighted by Crippen LogP contribution is -2.38. The van der Waals surface area contributed by atoms with Crippen LogP contribution >= 0.6 is 12.6 Å². The molecule has 17 heavy (non-hydrogen) atoms. The maximum absolute atomic E-state index is 12.1. The Hall–Kier alpha value is -0.960. The predicted molar refractivity (Wildman–Crippen MR) is 74.8 cm³/mol. The number of aryl methyl sites for hydroxylation is 1. The first kappa shape index (κ1) is 14.1. The van der Waals surface area contributed by atoms with E-state index in [9.17, 15) is 4.79 Å². The highest BCUT2D eigenvalue weighted by atomic mass is 32.1. The van der Waals surface area contributed by atoms with Gasteiger partial charge in [-0.1, -0.05) is 26.8 Å². The second-order valence-electron chi connectivity index (χ2n) is 4.73. The molecular weight excluding hydrogens is 230 g/mol. The number of carbonyl (C=O) groups excluding carboxylic acids is 1. The Bertz CT molecular complexity index is 401. The van der Waals surface area contributed by atoms with Gasteiger partial charge in [-0.25, -0.2) is 0 Å². The van der Waals surface area contributed by atoms with Gasteiger partial charge in [-0.3, -0.25) is 4.79 Å². The third kappa shape index (κ3) is 3.77. The number of benzene rings is 1. The van der Waals surface area contributed by atoms with E-state index in [0.29, 0.717) is 5.92 Å². The predicted octanol–water partition coefficient (Wildman–Crippen LogP) is 3.45. The van der Waals surface area contributed by atoms with Crippen LogP contribution in [0.15, 0.2) is 23.1 Å². The fourth-order valence-electron chi connectivity index (χ4n) is 1.84. The van der Waals surface area contributed by atoms with E-state index in [1.165, 1.54) is 0 Å². The molecule has 0 fully saturated rings. The molecule has 0 aliphatic rings. The second-order valence-corrected chi connectivity index (χ2v) is 5.25. The molecule has 0 aliphatic carbocycles. The number of rotatable bonds is 4. The van der Waals surface area contributed by atoms with E-state index in [4.69, 9.17) is 0 Å². The molecule has 0 aliphatic heterocycles. The van der Waals surface area contributed by atoms with Crippen LogP contribution in [0.5, 0.6) is 0 Å². The zero-order valence-electron chi connectivity index (χ0n) is 10.9. The Balaban J connectivity index is 2.86. The van der Waals surface area contributed by atoms with Crippen LogP contribution in [-0.4, -0.2) is 11.9 Å². The summed E-state index contributed by atoms with van der Waals surface area (Å²) in [5.41, 5.74) is 1.70. The van der Waals surface area contributed by atoms with E-state index >= 15 is 0 Å². The van der Waals surface area contributed by atoms with Crippen molar-refractivity contribution in [3.8, 4) is 0 Å². The third-order valence-corrected chi connectivity index (χ3v) is 3.31. The summed E-state index contributed by atoms with van der Waals surface area (Å²) >= 11 is 4.27. The molecule has 0 heterocycles. The minimum absolute atomic E-state index is 0.000972. The standard InChI is InChI=1S/C14H21NOS/c1-5-13(9(2)3)15-14(16)12-8-11(17)7-6-10(12)4/h6-9,13,17H,5H2,1-4H3,(H,15,16). The molecule has 1 atom stereocenters. The lowest BCUT2D eigenvalue weighted by molar-refractivity contribution is 0.0924. The molecule has 1 N–H and O–H groups in total. The molecule has 94 valence electrons. The van der Waals surface area contributed by atoms with E-state index < -0.39 is 0 Å². The fourth-order valence-corrected chi connectivity index (χ4v) is 2.04. The van der Waals surface area contributed by atoms with Crippen LogP contribution in [0.25, 0.3) is 0 Å². The monoisotopic (exact) mass is 251 g/mol. The Morgan fingerprint density at radius 3 is 2.59 bits per heavy atom. The van der Waals surface area contributed by atoms with Gasteiger partial charge in [0.15, 0.2) is 0 Å². The molecule has 0 saturated carbocycles. The van der Waals surface area contributed by atoms with Crippen molar-refractivity contribution in [2.75, 3.05) is 0 Å². The van der Waals surface area contributed by atoms with E-state index in [1.54, 1.807) is 0 Å². The van der Waals surface area contributed by atoms with Crippen molar-refractivity contribution >= 4 is 18.5 Å². The smallest absolute Gasteiger partial charge is 0.251 e. The largest absolute Gasteiger partial charge is 0.349 e. The van der Waals surface area contributed by atoms with Gasteiger partial charge < -0.3 is 5.32 Å². The molecule has 0 aromatic heterocycles. The fraction of sp³-hybridized carbons (Fsp3) is 0.500. The van der Waals surface area contributed by atoms with Crippen LogP contribution in [0.1, 0.15) is 43.1 Å². The van der Waals surface area contributed by atoms with Crippen LogP contribution < -0.4 is 5.32 Å². The van der Waals surface area contributed by atoms with Gasteiger partial charge in [-0.2, -0.15) is 0 Å². The molecule has 0 radical (unpaired) electrons. The molecular formula is C14H21NOS. The Morgan fingerprint density at radius 1 is 1.41 bits per heavy atom. The second kappa shape index (κ2) is 6.10. The van der Waals surface area contributed by atoms with Gasteiger partial charge in [0.1, 0.15) is 0 Å². The summed E-state index contributed by atoms with van der Waals surface area (Å²) in [7, 11) is 0. The molecule has 1 aromatic rings. The van der Waals surface area contributed by atoms with Gasteiger partial charge in [0.25, 0.3) is 5.91 Å². The minimum Gasteiger partial charge on any atom is -0.349 e. The summed E-state index contributed by atoms with van der Waals surface area (Å²) in [6, 6.07) is 5.87. The Morgan fingerprint density at radius 2 is 2.06 bits per heavy atom. The number of thiol groups is 1. The van der Waals surface area contributed by atoms with Gasteiger partial charge in [-0.15, -0.1) is 12.6 Å². The molecule has 0 saturated heterocycles. The van der Waals surface area contributed by atoms with Gasteiger partial charge in [0.2, 0.25) is 0 Å².